The Morgan fingerprint density at radius 2 is 1.05 bits per heavy atom. The molecule has 2 aliphatic heterocycles. The van der Waals surface area contributed by atoms with Crippen molar-refractivity contribution in [3.63, 3.8) is 0 Å². The maximum absolute atomic E-state index is 5.54. The molecular formula is C18H32N2O. The molecule has 0 aromatic rings. The fraction of sp³-hybridized carbons (Fsp3) is 0.778. The second-order valence-corrected chi connectivity index (χ2v) is 6.47. The van der Waals surface area contributed by atoms with Crippen LogP contribution >= 0.6 is 0 Å². The summed E-state index contributed by atoms with van der Waals surface area (Å²) in [4.78, 5) is 5.06. The fourth-order valence-electron chi connectivity index (χ4n) is 3.26. The van der Waals surface area contributed by atoms with Crippen molar-refractivity contribution in [2.45, 2.75) is 64.5 Å². The van der Waals surface area contributed by atoms with Crippen molar-refractivity contribution in [2.24, 2.45) is 0 Å². The van der Waals surface area contributed by atoms with Gasteiger partial charge in [-0.1, -0.05) is 12.8 Å². The monoisotopic (exact) mass is 292 g/mol. The van der Waals surface area contributed by atoms with Gasteiger partial charge in [0.05, 0.1) is 12.5 Å². The molecule has 0 aromatic carbocycles. The van der Waals surface area contributed by atoms with Crippen LogP contribution in [0.4, 0.5) is 0 Å². The molecule has 0 amide bonds. The van der Waals surface area contributed by atoms with Gasteiger partial charge in [-0.15, -0.1) is 0 Å². The molecule has 2 fully saturated rings. The van der Waals surface area contributed by atoms with E-state index in [2.05, 4.69) is 35.8 Å². The van der Waals surface area contributed by atoms with Crippen molar-refractivity contribution in [3.8, 4) is 0 Å². The van der Waals surface area contributed by atoms with Gasteiger partial charge in [-0.25, -0.2) is 0 Å². The largest absolute Gasteiger partial charge is 0.473 e. The summed E-state index contributed by atoms with van der Waals surface area (Å²) in [5.41, 5.74) is 0. The Morgan fingerprint density at radius 1 is 0.667 bits per heavy atom. The number of piperidine rings is 2. The minimum absolute atomic E-state index is 0.484. The quantitative estimate of drug-likeness (QED) is 0.693. The lowest BCUT2D eigenvalue weighted by atomic mass is 10.1. The van der Waals surface area contributed by atoms with Crippen LogP contribution in [-0.4, -0.2) is 48.1 Å². The third kappa shape index (κ3) is 5.84. The van der Waals surface area contributed by atoms with Crippen LogP contribution in [0.1, 0.15) is 52.4 Å². The molecule has 0 aromatic heterocycles. The Hall–Kier alpha value is -0.800. The first-order valence-electron chi connectivity index (χ1n) is 8.74. The predicted octanol–water partition coefficient (Wildman–Crippen LogP) is 3.78. The highest BCUT2D eigenvalue weighted by Crippen LogP contribution is 2.13. The molecule has 3 nitrogen and oxygen atoms in total. The first kappa shape index (κ1) is 16.6. The molecule has 0 bridgehead atoms. The normalized spacial score (nSPS) is 25.4. The van der Waals surface area contributed by atoms with Gasteiger partial charge in [0, 0.05) is 12.1 Å². The second-order valence-electron chi connectivity index (χ2n) is 6.47. The zero-order valence-corrected chi connectivity index (χ0v) is 13.8. The van der Waals surface area contributed by atoms with Crippen LogP contribution in [0.3, 0.4) is 0 Å². The van der Waals surface area contributed by atoms with Gasteiger partial charge in [-0.2, -0.15) is 0 Å². The van der Waals surface area contributed by atoms with E-state index in [1.807, 2.05) is 12.5 Å². The van der Waals surface area contributed by atoms with Crippen LogP contribution in [0.25, 0.3) is 0 Å². The highest BCUT2D eigenvalue weighted by atomic mass is 16.5. The average Bonchev–Trinajstić information content (AvgIpc) is 2.55. The Kier molecular flexibility index (Phi) is 7.31. The Bertz CT molecular complexity index is 296. The number of likely N-dealkylation sites (tertiary alicyclic amines) is 2. The van der Waals surface area contributed by atoms with Gasteiger partial charge in [0.15, 0.2) is 0 Å². The van der Waals surface area contributed by atoms with Gasteiger partial charge in [-0.05, 0) is 77.9 Å². The first-order chi connectivity index (χ1) is 10.3. The second kappa shape index (κ2) is 9.26. The summed E-state index contributed by atoms with van der Waals surface area (Å²) < 4.78 is 5.54. The van der Waals surface area contributed by atoms with E-state index in [9.17, 15) is 0 Å². The van der Waals surface area contributed by atoms with E-state index in [4.69, 9.17) is 4.74 Å². The lowest BCUT2D eigenvalue weighted by Crippen LogP contribution is -2.36. The molecule has 0 spiro atoms. The number of rotatable bonds is 6. The SMILES string of the molecule is CC(/C=C/O/C=C/C(C)N1CCCCC1)N1CCCCC1. The summed E-state index contributed by atoms with van der Waals surface area (Å²) in [6.45, 7) is 9.43. The number of nitrogens with zero attached hydrogens (tertiary/aromatic N) is 2. The van der Waals surface area contributed by atoms with Crippen molar-refractivity contribution in [1.82, 2.24) is 9.80 Å². The molecule has 0 aliphatic carbocycles. The molecule has 0 saturated carbocycles. The topological polar surface area (TPSA) is 15.7 Å². The van der Waals surface area contributed by atoms with Gasteiger partial charge in [-0.3, -0.25) is 9.80 Å². The van der Waals surface area contributed by atoms with Gasteiger partial charge < -0.3 is 4.74 Å². The zero-order valence-electron chi connectivity index (χ0n) is 13.8. The zero-order chi connectivity index (χ0) is 14.9. The van der Waals surface area contributed by atoms with E-state index in [1.54, 1.807) is 0 Å². The van der Waals surface area contributed by atoms with Crippen molar-refractivity contribution < 1.29 is 4.74 Å². The van der Waals surface area contributed by atoms with Crippen molar-refractivity contribution >= 4 is 0 Å². The van der Waals surface area contributed by atoms with Crippen LogP contribution in [0, 0.1) is 0 Å². The molecular weight excluding hydrogens is 260 g/mol. The molecule has 2 rings (SSSR count). The Balaban J connectivity index is 1.65. The lowest BCUT2D eigenvalue weighted by molar-refractivity contribution is 0.196. The van der Waals surface area contributed by atoms with E-state index in [0.717, 1.165) is 0 Å². The molecule has 0 radical (unpaired) electrons. The number of hydrogen-bond donors (Lipinski definition) is 0. The number of hydrogen-bond acceptors (Lipinski definition) is 3. The van der Waals surface area contributed by atoms with Gasteiger partial charge in [0.25, 0.3) is 0 Å². The van der Waals surface area contributed by atoms with E-state index < -0.39 is 0 Å². The summed E-state index contributed by atoms with van der Waals surface area (Å²) in [7, 11) is 0. The van der Waals surface area contributed by atoms with E-state index >= 15 is 0 Å². The summed E-state index contributed by atoms with van der Waals surface area (Å²) in [6, 6.07) is 0.969. The molecule has 0 N–H and O–H groups in total. The minimum atomic E-state index is 0.484. The summed E-state index contributed by atoms with van der Waals surface area (Å²) >= 11 is 0. The summed E-state index contributed by atoms with van der Waals surface area (Å²) in [5.74, 6) is 0. The number of ether oxygens (including phenoxy) is 1. The highest BCUT2D eigenvalue weighted by Gasteiger charge is 2.15. The minimum Gasteiger partial charge on any atom is -0.473 e. The van der Waals surface area contributed by atoms with E-state index in [-0.39, 0.29) is 0 Å². The predicted molar refractivity (Wildman–Crippen MR) is 89.1 cm³/mol. The summed E-state index contributed by atoms with van der Waals surface area (Å²) in [5, 5.41) is 0. The first-order valence-corrected chi connectivity index (χ1v) is 8.74. The standard InChI is InChI=1S/C18H32N2O/c1-17(19-11-5-3-6-12-19)9-15-21-16-10-18(2)20-13-7-4-8-14-20/h9-10,15-18H,3-8,11-14H2,1-2H3/b15-9+,16-10+. The molecule has 2 aliphatic rings. The third-order valence-electron chi connectivity index (χ3n) is 4.80. The van der Waals surface area contributed by atoms with Gasteiger partial charge in [0.2, 0.25) is 0 Å². The van der Waals surface area contributed by atoms with Crippen molar-refractivity contribution in [1.29, 1.82) is 0 Å². The Labute approximate surface area is 130 Å². The van der Waals surface area contributed by atoms with Gasteiger partial charge in [0.1, 0.15) is 0 Å². The Morgan fingerprint density at radius 3 is 1.43 bits per heavy atom. The molecule has 2 saturated heterocycles. The van der Waals surface area contributed by atoms with E-state index in [1.165, 1.54) is 64.7 Å². The highest BCUT2D eigenvalue weighted by molar-refractivity contribution is 4.93. The molecule has 3 heteroatoms. The molecule has 2 heterocycles. The van der Waals surface area contributed by atoms with Gasteiger partial charge >= 0.3 is 0 Å². The lowest BCUT2D eigenvalue weighted by Gasteiger charge is -2.30. The van der Waals surface area contributed by atoms with Crippen LogP contribution in [0.5, 0.6) is 0 Å². The molecule has 120 valence electrons. The van der Waals surface area contributed by atoms with Crippen LogP contribution in [0.2, 0.25) is 0 Å². The van der Waals surface area contributed by atoms with Crippen LogP contribution in [-0.2, 0) is 4.74 Å². The summed E-state index contributed by atoms with van der Waals surface area (Å²) in [6.07, 6.45) is 16.2. The van der Waals surface area contributed by atoms with Crippen LogP contribution < -0.4 is 0 Å². The smallest absolute Gasteiger partial charge is 0.0876 e. The maximum Gasteiger partial charge on any atom is 0.0876 e. The molecule has 2 unspecified atom stereocenters. The maximum atomic E-state index is 5.54. The van der Waals surface area contributed by atoms with Crippen molar-refractivity contribution in [3.05, 3.63) is 24.7 Å². The van der Waals surface area contributed by atoms with E-state index in [0.29, 0.717) is 12.1 Å². The van der Waals surface area contributed by atoms with Crippen LogP contribution in [0.15, 0.2) is 24.7 Å². The average molecular weight is 292 g/mol. The molecule has 21 heavy (non-hydrogen) atoms. The molecule has 2 atom stereocenters. The van der Waals surface area contributed by atoms with Crippen molar-refractivity contribution in [2.75, 3.05) is 26.2 Å². The fourth-order valence-corrected chi connectivity index (χ4v) is 3.26. The third-order valence-corrected chi connectivity index (χ3v) is 4.80.